The van der Waals surface area contributed by atoms with Crippen LogP contribution in [0.5, 0.6) is 0 Å². The van der Waals surface area contributed by atoms with Crippen LogP contribution in [0.4, 0.5) is 0 Å². The molecule has 0 spiro atoms. The summed E-state index contributed by atoms with van der Waals surface area (Å²) < 4.78 is 0. The monoisotopic (exact) mass is 219 g/mol. The Hall–Kier alpha value is -1.35. The van der Waals surface area contributed by atoms with Gasteiger partial charge in [-0.3, -0.25) is 9.69 Å². The van der Waals surface area contributed by atoms with Crippen molar-refractivity contribution in [1.82, 2.24) is 4.90 Å². The van der Waals surface area contributed by atoms with Gasteiger partial charge < -0.3 is 5.11 Å². The van der Waals surface area contributed by atoms with Crippen LogP contribution >= 0.6 is 0 Å². The highest BCUT2D eigenvalue weighted by molar-refractivity contribution is 5.77. The van der Waals surface area contributed by atoms with Crippen LogP contribution in [0.1, 0.15) is 30.4 Å². The van der Waals surface area contributed by atoms with E-state index in [-0.39, 0.29) is 5.92 Å². The van der Waals surface area contributed by atoms with Crippen LogP contribution in [0.2, 0.25) is 0 Å². The lowest BCUT2D eigenvalue weighted by Gasteiger charge is -2.32. The molecule has 1 aliphatic heterocycles. The third kappa shape index (κ3) is 2.09. The number of nitrogens with zero attached hydrogens (tertiary/aromatic N) is 1. The summed E-state index contributed by atoms with van der Waals surface area (Å²) in [5, 5.41) is 9.24. The Balaban J connectivity index is 2.30. The van der Waals surface area contributed by atoms with E-state index in [1.165, 1.54) is 0 Å². The molecule has 0 amide bonds. The van der Waals surface area contributed by atoms with Crippen molar-refractivity contribution >= 4 is 5.97 Å². The largest absolute Gasteiger partial charge is 0.481 e. The number of rotatable bonds is 3. The molecule has 0 fully saturated rings. The van der Waals surface area contributed by atoms with E-state index in [9.17, 15) is 9.90 Å². The van der Waals surface area contributed by atoms with Crippen molar-refractivity contribution in [1.29, 1.82) is 0 Å². The molecule has 16 heavy (non-hydrogen) atoms. The first-order chi connectivity index (χ1) is 7.72. The number of aliphatic carboxylic acids is 1. The summed E-state index contributed by atoms with van der Waals surface area (Å²) in [6, 6.07) is 7.88. The predicted octanol–water partition coefficient (Wildman–Crippen LogP) is 2.08. The number of hydrogen-bond donors (Lipinski definition) is 1. The van der Waals surface area contributed by atoms with E-state index < -0.39 is 5.97 Å². The molecule has 1 heterocycles. The standard InChI is InChI=1S/C13H17NO2/c1-2-7-14-8-10-5-3-4-6-11(10)12(9-14)13(15)16/h3-6,12H,2,7-9H2,1H3,(H,15,16). The number of carboxylic acids is 1. The van der Waals surface area contributed by atoms with Crippen molar-refractivity contribution in [3.05, 3.63) is 35.4 Å². The highest BCUT2D eigenvalue weighted by Gasteiger charge is 2.29. The Kier molecular flexibility index (Phi) is 3.25. The molecular weight excluding hydrogens is 202 g/mol. The fourth-order valence-electron chi connectivity index (χ4n) is 2.38. The van der Waals surface area contributed by atoms with Gasteiger partial charge in [-0.15, -0.1) is 0 Å². The van der Waals surface area contributed by atoms with E-state index >= 15 is 0 Å². The smallest absolute Gasteiger partial charge is 0.312 e. The molecule has 3 nitrogen and oxygen atoms in total. The molecule has 0 radical (unpaired) electrons. The fraction of sp³-hybridized carbons (Fsp3) is 0.462. The first-order valence-corrected chi connectivity index (χ1v) is 5.75. The molecule has 3 heteroatoms. The Morgan fingerprint density at radius 2 is 2.25 bits per heavy atom. The molecule has 0 saturated carbocycles. The topological polar surface area (TPSA) is 40.5 Å². The SMILES string of the molecule is CCCN1Cc2ccccc2C(C(=O)O)C1. The van der Waals surface area contributed by atoms with Gasteiger partial charge >= 0.3 is 5.97 Å². The van der Waals surface area contributed by atoms with Crippen LogP contribution < -0.4 is 0 Å². The zero-order valence-corrected chi connectivity index (χ0v) is 9.52. The summed E-state index contributed by atoms with van der Waals surface area (Å²) in [5.41, 5.74) is 2.15. The Morgan fingerprint density at radius 3 is 2.94 bits per heavy atom. The quantitative estimate of drug-likeness (QED) is 0.846. The van der Waals surface area contributed by atoms with E-state index in [1.54, 1.807) is 0 Å². The highest BCUT2D eigenvalue weighted by atomic mass is 16.4. The minimum atomic E-state index is -0.715. The zero-order valence-electron chi connectivity index (χ0n) is 9.52. The van der Waals surface area contributed by atoms with Crippen molar-refractivity contribution in [2.75, 3.05) is 13.1 Å². The predicted molar refractivity (Wildman–Crippen MR) is 62.4 cm³/mol. The average Bonchev–Trinajstić information content (AvgIpc) is 2.28. The fourth-order valence-corrected chi connectivity index (χ4v) is 2.38. The maximum atomic E-state index is 11.2. The van der Waals surface area contributed by atoms with Crippen LogP contribution in [0.3, 0.4) is 0 Å². The summed E-state index contributed by atoms with van der Waals surface area (Å²) >= 11 is 0. The second-order valence-electron chi connectivity index (χ2n) is 4.32. The molecule has 0 saturated heterocycles. The highest BCUT2D eigenvalue weighted by Crippen LogP contribution is 2.28. The first kappa shape index (κ1) is 11.1. The third-order valence-electron chi connectivity index (χ3n) is 3.10. The number of hydrogen-bond acceptors (Lipinski definition) is 2. The molecule has 1 unspecified atom stereocenters. The van der Waals surface area contributed by atoms with E-state index in [2.05, 4.69) is 11.8 Å². The lowest BCUT2D eigenvalue weighted by molar-refractivity contribution is -0.139. The van der Waals surface area contributed by atoms with Gasteiger partial charge in [-0.2, -0.15) is 0 Å². The molecule has 86 valence electrons. The molecule has 0 aliphatic carbocycles. The maximum absolute atomic E-state index is 11.2. The normalized spacial score (nSPS) is 20.4. The van der Waals surface area contributed by atoms with Gasteiger partial charge in [-0.1, -0.05) is 31.2 Å². The molecule has 1 aromatic rings. The van der Waals surface area contributed by atoms with Crippen molar-refractivity contribution in [2.24, 2.45) is 0 Å². The molecule has 2 rings (SSSR count). The van der Waals surface area contributed by atoms with Crippen molar-refractivity contribution < 1.29 is 9.90 Å². The van der Waals surface area contributed by atoms with Crippen LogP contribution in [-0.4, -0.2) is 29.1 Å². The van der Waals surface area contributed by atoms with Crippen LogP contribution in [0, 0.1) is 0 Å². The summed E-state index contributed by atoms with van der Waals surface area (Å²) in [4.78, 5) is 13.5. The lowest BCUT2D eigenvalue weighted by Crippen LogP contribution is -2.37. The molecule has 1 N–H and O–H groups in total. The second-order valence-corrected chi connectivity index (χ2v) is 4.32. The van der Waals surface area contributed by atoms with Crippen molar-refractivity contribution in [3.8, 4) is 0 Å². The summed E-state index contributed by atoms with van der Waals surface area (Å²) in [5.74, 6) is -1.08. The van der Waals surface area contributed by atoms with Gasteiger partial charge in [0, 0.05) is 13.1 Å². The van der Waals surface area contributed by atoms with Crippen LogP contribution in [-0.2, 0) is 11.3 Å². The second kappa shape index (κ2) is 4.66. The van der Waals surface area contributed by atoms with Crippen molar-refractivity contribution in [3.63, 3.8) is 0 Å². The van der Waals surface area contributed by atoms with E-state index in [0.29, 0.717) is 6.54 Å². The molecule has 0 bridgehead atoms. The van der Waals surface area contributed by atoms with Gasteiger partial charge in [-0.05, 0) is 24.1 Å². The molecule has 0 aromatic heterocycles. The van der Waals surface area contributed by atoms with Gasteiger partial charge in [-0.25, -0.2) is 0 Å². The minimum Gasteiger partial charge on any atom is -0.481 e. The van der Waals surface area contributed by atoms with Gasteiger partial charge in [0.1, 0.15) is 0 Å². The average molecular weight is 219 g/mol. The van der Waals surface area contributed by atoms with E-state index in [0.717, 1.165) is 30.6 Å². The Morgan fingerprint density at radius 1 is 1.50 bits per heavy atom. The van der Waals surface area contributed by atoms with E-state index in [1.807, 2.05) is 24.3 Å². The van der Waals surface area contributed by atoms with Gasteiger partial charge in [0.05, 0.1) is 5.92 Å². The minimum absolute atomic E-state index is 0.364. The summed E-state index contributed by atoms with van der Waals surface area (Å²) in [7, 11) is 0. The summed E-state index contributed by atoms with van der Waals surface area (Å²) in [6.07, 6.45) is 1.06. The van der Waals surface area contributed by atoms with Crippen molar-refractivity contribution in [2.45, 2.75) is 25.8 Å². The van der Waals surface area contributed by atoms with Crippen LogP contribution in [0.15, 0.2) is 24.3 Å². The van der Waals surface area contributed by atoms with E-state index in [4.69, 9.17) is 0 Å². The molecule has 1 atom stereocenters. The summed E-state index contributed by atoms with van der Waals surface area (Å²) in [6.45, 7) is 4.61. The van der Waals surface area contributed by atoms with Crippen LogP contribution in [0.25, 0.3) is 0 Å². The molecule has 1 aliphatic rings. The Bertz CT molecular complexity index is 389. The number of carbonyl (C=O) groups is 1. The zero-order chi connectivity index (χ0) is 11.5. The third-order valence-corrected chi connectivity index (χ3v) is 3.10. The number of benzene rings is 1. The Labute approximate surface area is 95.7 Å². The van der Waals surface area contributed by atoms with Gasteiger partial charge in [0.2, 0.25) is 0 Å². The molecular formula is C13H17NO2. The van der Waals surface area contributed by atoms with Gasteiger partial charge in [0.15, 0.2) is 0 Å². The van der Waals surface area contributed by atoms with Gasteiger partial charge in [0.25, 0.3) is 0 Å². The lowest BCUT2D eigenvalue weighted by atomic mass is 9.90. The molecule has 1 aromatic carbocycles. The first-order valence-electron chi connectivity index (χ1n) is 5.75. The maximum Gasteiger partial charge on any atom is 0.312 e. The number of carboxylic acid groups (broad SMARTS) is 1. The number of fused-ring (bicyclic) bond motifs is 1.